The maximum Gasteiger partial charge on any atom is 0.296 e. The third-order valence-corrected chi connectivity index (χ3v) is 2.28. The lowest BCUT2D eigenvalue weighted by Gasteiger charge is -2.27. The van der Waals surface area contributed by atoms with Crippen LogP contribution in [0.15, 0.2) is 0 Å². The average Bonchev–Trinajstić information content (AvgIpc) is 2.09. The van der Waals surface area contributed by atoms with Gasteiger partial charge in [0.25, 0.3) is 5.91 Å². The molecule has 0 heterocycles. The van der Waals surface area contributed by atoms with E-state index in [1.807, 2.05) is 0 Å². The van der Waals surface area contributed by atoms with E-state index < -0.39 is 6.10 Å². The Hall–Kier alpha value is -1.01. The molecule has 2 N–H and O–H groups in total. The second-order valence-electron chi connectivity index (χ2n) is 3.31. The molecule has 0 bridgehead atoms. The topological polar surface area (TPSA) is 49.3 Å². The first kappa shape index (κ1) is 10.1. The van der Waals surface area contributed by atoms with E-state index in [1.165, 1.54) is 0 Å². The van der Waals surface area contributed by atoms with Crippen LogP contribution < -0.4 is 5.32 Å². The minimum Gasteiger partial charge on any atom is -0.391 e. The minimum atomic E-state index is -0.392. The summed E-state index contributed by atoms with van der Waals surface area (Å²) in [5, 5.41) is 12.2. The van der Waals surface area contributed by atoms with Crippen LogP contribution in [0.25, 0.3) is 0 Å². The molecule has 1 saturated carbocycles. The zero-order valence-electron chi connectivity index (χ0n) is 7.84. The molecular formula is C10H15NO2. The normalized spacial score (nSPS) is 27.2. The van der Waals surface area contributed by atoms with E-state index in [2.05, 4.69) is 17.2 Å². The van der Waals surface area contributed by atoms with Crippen molar-refractivity contribution in [2.45, 2.75) is 44.8 Å². The number of aliphatic hydroxyl groups excluding tert-OH is 1. The van der Waals surface area contributed by atoms with Crippen molar-refractivity contribution < 1.29 is 9.90 Å². The smallest absolute Gasteiger partial charge is 0.296 e. The molecule has 1 aliphatic carbocycles. The number of nitrogens with one attached hydrogen (secondary N) is 1. The van der Waals surface area contributed by atoms with Gasteiger partial charge in [-0.1, -0.05) is 18.8 Å². The molecule has 0 aromatic rings. The molecule has 1 aliphatic rings. The molecule has 3 nitrogen and oxygen atoms in total. The van der Waals surface area contributed by atoms with Gasteiger partial charge < -0.3 is 10.4 Å². The SMILES string of the molecule is CC#CC(=O)NC1CCCCC1O. The van der Waals surface area contributed by atoms with Crippen LogP contribution in [-0.4, -0.2) is 23.2 Å². The molecule has 0 aromatic heterocycles. The van der Waals surface area contributed by atoms with Crippen molar-refractivity contribution in [3.05, 3.63) is 0 Å². The fraction of sp³-hybridized carbons (Fsp3) is 0.700. The minimum absolute atomic E-state index is 0.0953. The van der Waals surface area contributed by atoms with Crippen LogP contribution in [-0.2, 0) is 4.79 Å². The Morgan fingerprint density at radius 3 is 2.77 bits per heavy atom. The standard InChI is InChI=1S/C10H15NO2/c1-2-5-10(13)11-8-6-3-4-7-9(8)12/h8-9,12H,3-4,6-7H2,1H3,(H,11,13). The highest BCUT2D eigenvalue weighted by molar-refractivity contribution is 5.93. The predicted octanol–water partition coefficient (Wildman–Crippen LogP) is 0.429. The third-order valence-electron chi connectivity index (χ3n) is 2.28. The zero-order valence-corrected chi connectivity index (χ0v) is 7.84. The van der Waals surface area contributed by atoms with Crippen molar-refractivity contribution in [2.75, 3.05) is 0 Å². The highest BCUT2D eigenvalue weighted by Crippen LogP contribution is 2.17. The molecule has 72 valence electrons. The number of amides is 1. The molecule has 0 spiro atoms. The molecule has 0 radical (unpaired) electrons. The summed E-state index contributed by atoms with van der Waals surface area (Å²) in [5.41, 5.74) is 0. The first-order valence-corrected chi connectivity index (χ1v) is 4.65. The van der Waals surface area contributed by atoms with Gasteiger partial charge in [0.2, 0.25) is 0 Å². The fourth-order valence-electron chi connectivity index (χ4n) is 1.60. The molecule has 13 heavy (non-hydrogen) atoms. The van der Waals surface area contributed by atoms with Crippen molar-refractivity contribution in [3.63, 3.8) is 0 Å². The predicted molar refractivity (Wildman–Crippen MR) is 49.9 cm³/mol. The quantitative estimate of drug-likeness (QED) is 0.576. The van der Waals surface area contributed by atoms with E-state index >= 15 is 0 Å². The van der Waals surface area contributed by atoms with Crippen molar-refractivity contribution in [1.29, 1.82) is 0 Å². The molecule has 0 aliphatic heterocycles. The summed E-state index contributed by atoms with van der Waals surface area (Å²) in [6, 6.07) is -0.0953. The van der Waals surface area contributed by atoms with E-state index in [1.54, 1.807) is 6.92 Å². The van der Waals surface area contributed by atoms with Gasteiger partial charge in [0.1, 0.15) is 0 Å². The molecule has 2 atom stereocenters. The molecule has 1 fully saturated rings. The summed E-state index contributed by atoms with van der Waals surface area (Å²) in [7, 11) is 0. The Morgan fingerprint density at radius 2 is 2.15 bits per heavy atom. The Kier molecular flexibility index (Phi) is 3.78. The Bertz CT molecular complexity index is 239. The van der Waals surface area contributed by atoms with Gasteiger partial charge >= 0.3 is 0 Å². The lowest BCUT2D eigenvalue weighted by atomic mass is 9.92. The molecule has 0 aromatic carbocycles. The van der Waals surface area contributed by atoms with Crippen LogP contribution in [0.1, 0.15) is 32.6 Å². The summed E-state index contributed by atoms with van der Waals surface area (Å²) in [6.45, 7) is 1.62. The lowest BCUT2D eigenvalue weighted by Crippen LogP contribution is -2.44. The lowest BCUT2D eigenvalue weighted by molar-refractivity contribution is -0.117. The number of carbonyl (C=O) groups is 1. The maximum atomic E-state index is 11.1. The highest BCUT2D eigenvalue weighted by Gasteiger charge is 2.23. The van der Waals surface area contributed by atoms with Crippen LogP contribution in [0.4, 0.5) is 0 Å². The van der Waals surface area contributed by atoms with E-state index in [0.717, 1.165) is 25.7 Å². The van der Waals surface area contributed by atoms with Crippen LogP contribution >= 0.6 is 0 Å². The van der Waals surface area contributed by atoms with Crippen molar-refractivity contribution in [2.24, 2.45) is 0 Å². The third kappa shape index (κ3) is 3.08. The van der Waals surface area contributed by atoms with Gasteiger partial charge in [-0.2, -0.15) is 0 Å². The summed E-state index contributed by atoms with van der Waals surface area (Å²) in [4.78, 5) is 11.1. The largest absolute Gasteiger partial charge is 0.391 e. The van der Waals surface area contributed by atoms with E-state index in [-0.39, 0.29) is 11.9 Å². The summed E-state index contributed by atoms with van der Waals surface area (Å²) < 4.78 is 0. The number of hydrogen-bond donors (Lipinski definition) is 2. The Balaban J connectivity index is 2.41. The molecular weight excluding hydrogens is 166 g/mol. The van der Waals surface area contributed by atoms with E-state index in [4.69, 9.17) is 0 Å². The van der Waals surface area contributed by atoms with Crippen LogP contribution in [0.2, 0.25) is 0 Å². The second kappa shape index (κ2) is 4.88. The average molecular weight is 181 g/mol. The van der Waals surface area contributed by atoms with Gasteiger partial charge in [0, 0.05) is 0 Å². The van der Waals surface area contributed by atoms with Gasteiger partial charge in [0.15, 0.2) is 0 Å². The van der Waals surface area contributed by atoms with Crippen molar-refractivity contribution >= 4 is 5.91 Å². The molecule has 1 amide bonds. The van der Waals surface area contributed by atoms with Crippen LogP contribution in [0.3, 0.4) is 0 Å². The number of carbonyl (C=O) groups excluding carboxylic acids is 1. The molecule has 0 saturated heterocycles. The maximum absolute atomic E-state index is 11.1. The summed E-state index contributed by atoms with van der Waals surface area (Å²) in [6.07, 6.45) is 3.37. The summed E-state index contributed by atoms with van der Waals surface area (Å²) >= 11 is 0. The molecule has 1 rings (SSSR count). The molecule has 2 unspecified atom stereocenters. The number of hydrogen-bond acceptors (Lipinski definition) is 2. The zero-order chi connectivity index (χ0) is 9.68. The van der Waals surface area contributed by atoms with Gasteiger partial charge in [-0.15, -0.1) is 0 Å². The van der Waals surface area contributed by atoms with Crippen LogP contribution in [0.5, 0.6) is 0 Å². The van der Waals surface area contributed by atoms with Crippen LogP contribution in [0, 0.1) is 11.8 Å². The van der Waals surface area contributed by atoms with Crippen molar-refractivity contribution in [1.82, 2.24) is 5.32 Å². The number of aliphatic hydroxyl groups is 1. The fourth-order valence-corrected chi connectivity index (χ4v) is 1.60. The first-order chi connectivity index (χ1) is 6.24. The second-order valence-corrected chi connectivity index (χ2v) is 3.31. The van der Waals surface area contributed by atoms with E-state index in [9.17, 15) is 9.90 Å². The highest BCUT2D eigenvalue weighted by atomic mass is 16.3. The number of rotatable bonds is 1. The molecule has 3 heteroatoms. The van der Waals surface area contributed by atoms with Gasteiger partial charge in [-0.3, -0.25) is 4.79 Å². The Morgan fingerprint density at radius 1 is 1.46 bits per heavy atom. The Labute approximate surface area is 78.5 Å². The first-order valence-electron chi connectivity index (χ1n) is 4.65. The van der Waals surface area contributed by atoms with Crippen molar-refractivity contribution in [3.8, 4) is 11.8 Å². The summed E-state index contributed by atoms with van der Waals surface area (Å²) in [5.74, 6) is 4.65. The van der Waals surface area contributed by atoms with Gasteiger partial charge in [-0.05, 0) is 25.7 Å². The van der Waals surface area contributed by atoms with Gasteiger partial charge in [-0.25, -0.2) is 0 Å². The van der Waals surface area contributed by atoms with E-state index in [0.29, 0.717) is 0 Å². The van der Waals surface area contributed by atoms with Gasteiger partial charge in [0.05, 0.1) is 12.1 Å². The monoisotopic (exact) mass is 181 g/mol.